The Labute approximate surface area is 206 Å². The molecule has 34 heavy (non-hydrogen) atoms. The number of nitrogens with one attached hydrogen (secondary N) is 1. The topological polar surface area (TPSA) is 48.7 Å². The molecule has 0 unspecified atom stereocenters. The molecule has 4 aromatic rings. The van der Waals surface area contributed by atoms with Crippen LogP contribution in [0.25, 0.3) is 16.2 Å². The molecule has 1 N–H and O–H groups in total. The molecule has 2 aromatic carbocycles. The van der Waals surface area contributed by atoms with E-state index in [1.165, 1.54) is 16.7 Å². The van der Waals surface area contributed by atoms with Gasteiger partial charge in [0.1, 0.15) is 5.69 Å². The standard InChI is InChI=1S/C27H34N6S/c1-19-10-12-21(13-11-19)18-31-14-16-32(17-15-31)26-30-33-24(29-27(3,4)5)23(28-25(33)34-26)22-9-7-6-8-20(22)2/h6-13,29H,14-18H2,1-5H3. The van der Waals surface area contributed by atoms with Gasteiger partial charge in [-0.2, -0.15) is 4.52 Å². The van der Waals surface area contributed by atoms with Gasteiger partial charge in [0.15, 0.2) is 5.82 Å². The second-order valence-electron chi connectivity index (χ2n) is 10.3. The molecule has 0 saturated carbocycles. The molecule has 5 rings (SSSR count). The van der Waals surface area contributed by atoms with E-state index in [1.54, 1.807) is 11.3 Å². The maximum Gasteiger partial charge on any atom is 0.216 e. The number of fused-ring (bicyclic) bond motifs is 1. The summed E-state index contributed by atoms with van der Waals surface area (Å²) in [5.41, 5.74) is 5.94. The maximum atomic E-state index is 5.04. The van der Waals surface area contributed by atoms with Gasteiger partial charge >= 0.3 is 0 Å². The molecular weight excluding hydrogens is 440 g/mol. The summed E-state index contributed by atoms with van der Waals surface area (Å²) in [7, 11) is 0. The lowest BCUT2D eigenvalue weighted by molar-refractivity contribution is 0.249. The van der Waals surface area contributed by atoms with E-state index < -0.39 is 0 Å². The van der Waals surface area contributed by atoms with Crippen LogP contribution in [0.4, 0.5) is 10.9 Å². The monoisotopic (exact) mass is 474 g/mol. The Morgan fingerprint density at radius 3 is 2.32 bits per heavy atom. The third-order valence-corrected chi connectivity index (χ3v) is 7.23. The zero-order valence-corrected chi connectivity index (χ0v) is 21.6. The Bertz CT molecular complexity index is 1270. The van der Waals surface area contributed by atoms with Crippen molar-refractivity contribution in [3.63, 3.8) is 0 Å². The fraction of sp³-hybridized carbons (Fsp3) is 0.407. The van der Waals surface area contributed by atoms with Crippen molar-refractivity contribution in [1.29, 1.82) is 0 Å². The predicted octanol–water partition coefficient (Wildman–Crippen LogP) is 5.61. The van der Waals surface area contributed by atoms with Crippen LogP contribution in [0.3, 0.4) is 0 Å². The first kappa shape index (κ1) is 22.9. The number of rotatable bonds is 5. The van der Waals surface area contributed by atoms with E-state index in [9.17, 15) is 0 Å². The molecule has 6 nitrogen and oxygen atoms in total. The Kier molecular flexibility index (Phi) is 6.08. The van der Waals surface area contributed by atoms with Crippen LogP contribution in [0.5, 0.6) is 0 Å². The number of benzene rings is 2. The predicted molar refractivity (Wildman–Crippen MR) is 143 cm³/mol. The highest BCUT2D eigenvalue weighted by Crippen LogP contribution is 2.36. The number of hydrogen-bond acceptors (Lipinski definition) is 6. The average molecular weight is 475 g/mol. The summed E-state index contributed by atoms with van der Waals surface area (Å²) >= 11 is 1.68. The Morgan fingerprint density at radius 1 is 0.941 bits per heavy atom. The fourth-order valence-corrected chi connectivity index (χ4v) is 5.36. The average Bonchev–Trinajstić information content (AvgIpc) is 3.35. The van der Waals surface area contributed by atoms with Crippen LogP contribution in [0.15, 0.2) is 48.5 Å². The fourth-order valence-electron chi connectivity index (χ4n) is 4.41. The van der Waals surface area contributed by atoms with Gasteiger partial charge in [-0.05, 0) is 45.7 Å². The molecule has 0 radical (unpaired) electrons. The van der Waals surface area contributed by atoms with Gasteiger partial charge in [0, 0.05) is 43.8 Å². The summed E-state index contributed by atoms with van der Waals surface area (Å²) < 4.78 is 2.01. The molecule has 178 valence electrons. The lowest BCUT2D eigenvalue weighted by atomic mass is 10.0. The second-order valence-corrected chi connectivity index (χ2v) is 11.3. The second kappa shape index (κ2) is 9.04. The molecule has 0 aliphatic carbocycles. The van der Waals surface area contributed by atoms with Gasteiger partial charge in [0.2, 0.25) is 10.1 Å². The van der Waals surface area contributed by atoms with Crippen LogP contribution >= 0.6 is 11.3 Å². The minimum absolute atomic E-state index is 0.0984. The van der Waals surface area contributed by atoms with Gasteiger partial charge in [-0.15, -0.1) is 5.10 Å². The molecule has 7 heteroatoms. The van der Waals surface area contributed by atoms with Crippen LogP contribution < -0.4 is 10.2 Å². The summed E-state index contributed by atoms with van der Waals surface area (Å²) in [5.74, 6) is 0.970. The maximum absolute atomic E-state index is 5.04. The van der Waals surface area contributed by atoms with Crippen LogP contribution in [0, 0.1) is 13.8 Å². The normalized spacial score (nSPS) is 15.3. The van der Waals surface area contributed by atoms with Crippen LogP contribution in [0.1, 0.15) is 37.5 Å². The third kappa shape index (κ3) is 4.81. The number of imidazole rings is 1. The van der Waals surface area contributed by atoms with Crippen molar-refractivity contribution in [2.24, 2.45) is 0 Å². The van der Waals surface area contributed by atoms with Gasteiger partial charge in [0.05, 0.1) is 0 Å². The summed E-state index contributed by atoms with van der Waals surface area (Å²) in [6, 6.07) is 17.3. The molecule has 0 bridgehead atoms. The van der Waals surface area contributed by atoms with E-state index in [1.807, 2.05) is 4.52 Å². The number of aromatic nitrogens is 3. The van der Waals surface area contributed by atoms with Crippen molar-refractivity contribution in [3.8, 4) is 11.3 Å². The van der Waals surface area contributed by atoms with Crippen molar-refractivity contribution in [3.05, 3.63) is 65.2 Å². The first-order chi connectivity index (χ1) is 16.3. The lowest BCUT2D eigenvalue weighted by Gasteiger charge is -2.34. The molecule has 1 fully saturated rings. The largest absolute Gasteiger partial charge is 0.364 e. The van der Waals surface area contributed by atoms with Crippen molar-refractivity contribution >= 4 is 27.2 Å². The SMILES string of the molecule is Cc1ccc(CN2CCN(c3nn4c(NC(C)(C)C)c(-c5ccccc5C)nc4s3)CC2)cc1. The third-order valence-electron chi connectivity index (χ3n) is 6.26. The number of anilines is 2. The number of piperazine rings is 1. The molecule has 0 amide bonds. The van der Waals surface area contributed by atoms with Crippen molar-refractivity contribution in [2.45, 2.75) is 46.7 Å². The summed E-state index contributed by atoms with van der Waals surface area (Å²) in [6.45, 7) is 15.9. The zero-order chi connectivity index (χ0) is 23.9. The van der Waals surface area contributed by atoms with Gasteiger partial charge in [0.25, 0.3) is 0 Å². The Morgan fingerprint density at radius 2 is 1.65 bits per heavy atom. The van der Waals surface area contributed by atoms with Crippen molar-refractivity contribution in [1.82, 2.24) is 19.5 Å². The van der Waals surface area contributed by atoms with Crippen molar-refractivity contribution < 1.29 is 0 Å². The minimum Gasteiger partial charge on any atom is -0.364 e. The number of aryl methyl sites for hydroxylation is 2. The quantitative estimate of drug-likeness (QED) is 0.408. The van der Waals surface area contributed by atoms with E-state index in [-0.39, 0.29) is 5.54 Å². The summed E-state index contributed by atoms with van der Waals surface area (Å²) in [6.07, 6.45) is 0. The molecule has 3 heterocycles. The highest BCUT2D eigenvalue weighted by molar-refractivity contribution is 7.20. The van der Waals surface area contributed by atoms with Gasteiger partial charge < -0.3 is 10.2 Å². The summed E-state index contributed by atoms with van der Waals surface area (Å²) in [5, 5.41) is 9.75. The first-order valence-electron chi connectivity index (χ1n) is 12.0. The smallest absolute Gasteiger partial charge is 0.216 e. The summed E-state index contributed by atoms with van der Waals surface area (Å²) in [4.78, 5) is 10.9. The molecule has 2 aromatic heterocycles. The number of hydrogen-bond donors (Lipinski definition) is 1. The lowest BCUT2D eigenvalue weighted by Crippen LogP contribution is -2.46. The highest BCUT2D eigenvalue weighted by Gasteiger charge is 2.25. The van der Waals surface area contributed by atoms with Gasteiger partial charge in [-0.25, -0.2) is 4.98 Å². The van der Waals surface area contributed by atoms with E-state index >= 15 is 0 Å². The molecule has 0 spiro atoms. The van der Waals surface area contributed by atoms with E-state index in [0.29, 0.717) is 0 Å². The van der Waals surface area contributed by atoms with Crippen LogP contribution in [0.2, 0.25) is 0 Å². The Balaban J connectivity index is 1.37. The van der Waals surface area contributed by atoms with Crippen molar-refractivity contribution in [2.75, 3.05) is 36.4 Å². The van der Waals surface area contributed by atoms with Gasteiger partial charge in [-0.1, -0.05) is 65.4 Å². The number of nitrogens with zero attached hydrogens (tertiary/aromatic N) is 5. The van der Waals surface area contributed by atoms with Gasteiger partial charge in [-0.3, -0.25) is 4.90 Å². The van der Waals surface area contributed by atoms with E-state index in [2.05, 4.69) is 98.3 Å². The molecule has 1 aliphatic rings. The first-order valence-corrected chi connectivity index (χ1v) is 12.8. The Hall–Kier alpha value is -2.90. The highest BCUT2D eigenvalue weighted by atomic mass is 32.1. The van der Waals surface area contributed by atoms with E-state index in [4.69, 9.17) is 10.1 Å². The van der Waals surface area contributed by atoms with Crippen LogP contribution in [-0.2, 0) is 6.54 Å². The minimum atomic E-state index is -0.0984. The van der Waals surface area contributed by atoms with Crippen LogP contribution in [-0.4, -0.2) is 51.2 Å². The molecule has 0 atom stereocenters. The molecule has 1 saturated heterocycles. The molecular formula is C27H34N6S. The molecule has 1 aliphatic heterocycles. The zero-order valence-electron chi connectivity index (χ0n) is 20.8. The van der Waals surface area contributed by atoms with E-state index in [0.717, 1.165) is 59.9 Å².